The van der Waals surface area contributed by atoms with Crippen LogP contribution in [-0.4, -0.2) is 270 Å². The quantitative estimate of drug-likeness (QED) is 0.0129. The number of amides is 10. The van der Waals surface area contributed by atoms with Gasteiger partial charge in [0.05, 0.1) is 54.5 Å². The van der Waals surface area contributed by atoms with Crippen molar-refractivity contribution >= 4 is 148 Å². The Morgan fingerprint density at radius 2 is 0.835 bits per heavy atom. The number of carboxylic acids is 6. The fourth-order valence-electron chi connectivity index (χ4n) is 14.6. The summed E-state index contributed by atoms with van der Waals surface area (Å²) in [6, 6.07) is 14.5. The first-order valence-electron chi connectivity index (χ1n) is 47.4. The number of likely N-dealkylation sites (tertiary alicyclic amines) is 1. The standard InChI is InChI=1S/C48H67N3O12.C47H74N6O19S.CO2/c1-2-41(53)40(33-46(59)60)51-47(61)37(29-34-19-10-7-11-20-34)31-42(54)39(30-35-21-12-8-13-22-35)50-43(55)26-17-6-4-3-5-15-24-38(52)25-16-9-14-23-36(48(62)63)32-44(56)49-28-18-27-45(57)58;1-31(26-43(62)63)45(66)49-36(28-44(64)65)37(57)27-33(47(68)69)30-73-38-29-42(61)50(46(38)67)25-20-35(56)15-9-4-6-12-23-53(72)41(60)19-17-39(58)48-21-10-7-13-24-52(71)40(59)18-16-34(55)14-8-3-5-11-22-51(70)32(2)54;2-1-3/h7-8,10-13,19-22,36-37,39-40H,2-6,9,14-18,23-33H2,1H3,(H,49,56)(H,50,55)(H,51,61)(H,57,58)(H,59,60)(H,62,63);31,33,36,38,70-72H,3-30H2,1-2H3,(H,48,58)(H,49,66)(H,62,63)(H,64,65)(H,68,69);/t36-,37-,39+,40+;31-,33-,36-,38?;/m10./s1. The molecule has 3 rings (SSSR count). The van der Waals surface area contributed by atoms with Crippen molar-refractivity contribution in [1.82, 2.24) is 46.7 Å². The molecule has 139 heavy (non-hydrogen) atoms. The number of unbranched alkanes of at least 4 members (excludes halogenated alkanes) is 15. The molecular weight excluding hydrogens is 1840 g/mol. The zero-order chi connectivity index (χ0) is 104. The second-order valence-corrected chi connectivity index (χ2v) is 35.5. The number of nitrogens with one attached hydrogen (secondary N) is 5. The molecule has 0 bridgehead atoms. The van der Waals surface area contributed by atoms with Crippen molar-refractivity contribution in [1.29, 1.82) is 0 Å². The van der Waals surface area contributed by atoms with Gasteiger partial charge in [0, 0.05) is 167 Å². The van der Waals surface area contributed by atoms with E-state index in [0.29, 0.717) is 131 Å². The van der Waals surface area contributed by atoms with Gasteiger partial charge in [0.15, 0.2) is 17.3 Å². The van der Waals surface area contributed by atoms with Gasteiger partial charge in [-0.2, -0.15) is 9.59 Å². The van der Waals surface area contributed by atoms with Gasteiger partial charge in [0.25, 0.3) is 0 Å². The number of carboxylic acid groups (broad SMARTS) is 6. The number of hydrogen-bond donors (Lipinski definition) is 14. The van der Waals surface area contributed by atoms with Gasteiger partial charge in [0.2, 0.25) is 59.1 Å². The van der Waals surface area contributed by atoms with Crippen LogP contribution in [0.15, 0.2) is 60.7 Å². The number of benzene rings is 2. The van der Waals surface area contributed by atoms with Crippen LogP contribution in [0.1, 0.15) is 295 Å². The minimum atomic E-state index is -1.64. The Labute approximate surface area is 812 Å². The summed E-state index contributed by atoms with van der Waals surface area (Å²) in [5.74, 6) is -19.4. The summed E-state index contributed by atoms with van der Waals surface area (Å²) < 4.78 is 0. The molecule has 0 saturated carbocycles. The number of thioether (sulfide) groups is 1. The third kappa shape index (κ3) is 60.3. The average Bonchev–Trinajstić information content (AvgIpc) is 1.77. The number of carbonyl (C=O) groups excluding carboxylic acids is 18. The molecule has 2 aromatic rings. The van der Waals surface area contributed by atoms with Crippen LogP contribution in [-0.2, 0) is 128 Å². The van der Waals surface area contributed by atoms with Gasteiger partial charge < -0.3 is 57.2 Å². The van der Waals surface area contributed by atoms with Gasteiger partial charge in [-0.1, -0.05) is 139 Å². The first-order valence-corrected chi connectivity index (χ1v) is 48.5. The van der Waals surface area contributed by atoms with Gasteiger partial charge >= 0.3 is 42.0 Å². The number of hydrogen-bond acceptors (Lipinski definition) is 28. The Balaban J connectivity index is 0.00000136. The molecule has 43 heteroatoms. The predicted octanol–water partition coefficient (Wildman–Crippen LogP) is 8.13. The lowest BCUT2D eigenvalue weighted by atomic mass is 9.89. The van der Waals surface area contributed by atoms with Crippen LogP contribution in [0.2, 0.25) is 0 Å². The van der Waals surface area contributed by atoms with Crippen LogP contribution in [0.5, 0.6) is 0 Å². The fraction of sp³-hybridized carbons (Fsp3) is 0.635. The van der Waals surface area contributed by atoms with Gasteiger partial charge in [-0.05, 0) is 101 Å². The molecule has 0 aliphatic carbocycles. The number of Topliss-reactive ketones (excluding diaryl/α,β-unsaturated/α-hetero) is 6. The minimum absolute atomic E-state index is 0.00654. The topological polar surface area (TPSA) is 665 Å². The minimum Gasteiger partial charge on any atom is -0.481 e. The van der Waals surface area contributed by atoms with Crippen LogP contribution in [0.4, 0.5) is 0 Å². The molecule has 42 nitrogen and oxygen atoms in total. The van der Waals surface area contributed by atoms with E-state index in [4.69, 9.17) is 19.8 Å². The normalized spacial score (nSPS) is 13.5. The summed E-state index contributed by atoms with van der Waals surface area (Å²) in [6.45, 7) is 4.69. The highest BCUT2D eigenvalue weighted by atomic mass is 32.2. The average molecular weight is 1980 g/mol. The summed E-state index contributed by atoms with van der Waals surface area (Å²) in [5.41, 5.74) is 1.61. The third-order valence-corrected chi connectivity index (χ3v) is 24.0. The van der Waals surface area contributed by atoms with Gasteiger partial charge in [-0.15, -0.1) is 11.8 Å². The number of carbonyl (C=O) groups is 22. The van der Waals surface area contributed by atoms with E-state index in [1.807, 2.05) is 48.5 Å². The molecule has 1 heterocycles. The van der Waals surface area contributed by atoms with Crippen molar-refractivity contribution in [2.24, 2.45) is 23.7 Å². The predicted molar refractivity (Wildman–Crippen MR) is 497 cm³/mol. The second kappa shape index (κ2) is 73.9. The number of hydroxylamine groups is 6. The molecule has 14 N–H and O–H groups in total. The Bertz CT molecular complexity index is 4320. The van der Waals surface area contributed by atoms with E-state index in [1.165, 1.54) is 13.8 Å². The largest absolute Gasteiger partial charge is 0.481 e. The Morgan fingerprint density at radius 1 is 0.410 bits per heavy atom. The molecule has 10 amide bonds. The van der Waals surface area contributed by atoms with Crippen molar-refractivity contribution < 1.29 is 161 Å². The maximum atomic E-state index is 14.0. The van der Waals surface area contributed by atoms with Crippen molar-refractivity contribution in [3.8, 4) is 0 Å². The van der Waals surface area contributed by atoms with Crippen molar-refractivity contribution in [2.45, 2.75) is 320 Å². The van der Waals surface area contributed by atoms with E-state index in [1.54, 1.807) is 19.1 Å². The summed E-state index contributed by atoms with van der Waals surface area (Å²) >= 11 is 0.816. The maximum absolute atomic E-state index is 14.0. The molecule has 0 radical (unpaired) electrons. The van der Waals surface area contributed by atoms with Crippen LogP contribution < -0.4 is 26.6 Å². The molecule has 0 aromatic heterocycles. The lowest BCUT2D eigenvalue weighted by molar-refractivity contribution is -0.192. The maximum Gasteiger partial charge on any atom is 0.373 e. The smallest absolute Gasteiger partial charge is 0.373 e. The Morgan fingerprint density at radius 3 is 1.34 bits per heavy atom. The zero-order valence-corrected chi connectivity index (χ0v) is 80.6. The number of ketones is 6. The lowest BCUT2D eigenvalue weighted by Crippen LogP contribution is -2.47. The summed E-state index contributed by atoms with van der Waals surface area (Å²) in [5, 5.41) is 98.5. The number of imide groups is 1. The zero-order valence-electron chi connectivity index (χ0n) is 79.8. The summed E-state index contributed by atoms with van der Waals surface area (Å²) in [7, 11) is 0. The Hall–Kier alpha value is -12.2. The second-order valence-electron chi connectivity index (χ2n) is 34.3. The Kier molecular flexibility index (Phi) is 66.4. The molecule has 0 spiro atoms. The van der Waals surface area contributed by atoms with Crippen LogP contribution in [0.3, 0.4) is 0 Å². The number of nitrogens with zero attached hydrogens (tertiary/aromatic N) is 4. The molecular formula is C96H141N9O33S. The third-order valence-electron chi connectivity index (χ3n) is 22.6. The van der Waals surface area contributed by atoms with E-state index in [2.05, 4.69) is 26.6 Å². The van der Waals surface area contributed by atoms with Crippen LogP contribution in [0.25, 0.3) is 0 Å². The highest BCUT2D eigenvalue weighted by Gasteiger charge is 2.41. The number of aliphatic carboxylic acids is 6. The van der Waals surface area contributed by atoms with Crippen molar-refractivity contribution in [3.05, 3.63) is 71.8 Å². The van der Waals surface area contributed by atoms with E-state index >= 15 is 0 Å². The lowest BCUT2D eigenvalue weighted by Gasteiger charge is -2.23. The van der Waals surface area contributed by atoms with Gasteiger partial charge in [0.1, 0.15) is 17.3 Å². The van der Waals surface area contributed by atoms with Crippen LogP contribution >= 0.6 is 11.8 Å². The molecule has 8 atom stereocenters. The summed E-state index contributed by atoms with van der Waals surface area (Å²) in [4.78, 5) is 286. The highest BCUT2D eigenvalue weighted by molar-refractivity contribution is 8.00. The first kappa shape index (κ1) is 125. The van der Waals surface area contributed by atoms with Crippen molar-refractivity contribution in [2.75, 3.05) is 45.0 Å². The van der Waals surface area contributed by atoms with Gasteiger partial charge in [-0.25, -0.2) is 15.2 Å². The first-order chi connectivity index (χ1) is 66.0. The van der Waals surface area contributed by atoms with E-state index in [9.17, 15) is 142 Å². The molecule has 2 aromatic carbocycles. The molecule has 1 aliphatic heterocycles. The number of rotatable bonds is 78. The molecule has 1 fully saturated rings. The van der Waals surface area contributed by atoms with E-state index in [0.717, 1.165) is 72.7 Å². The molecule has 1 saturated heterocycles. The van der Waals surface area contributed by atoms with Gasteiger partial charge in [-0.3, -0.25) is 126 Å². The fourth-order valence-corrected chi connectivity index (χ4v) is 15.8. The monoisotopic (exact) mass is 1980 g/mol. The molecule has 774 valence electrons. The van der Waals surface area contributed by atoms with Crippen molar-refractivity contribution in [3.63, 3.8) is 0 Å². The van der Waals surface area contributed by atoms with E-state index in [-0.39, 0.29) is 170 Å². The summed E-state index contributed by atoms with van der Waals surface area (Å²) in [6.07, 6.45) is 11.6. The SMILES string of the molecule is CC(=O)N(O)CCCCCCC(=O)CCC(=O)N(O)CCCCCNC(=O)CCC(=O)N(O)CCCCCCC(=O)CCN1C(=O)CC(SC[C@H](CC(=O)[C@H](CC(=O)O)NC(=O)[C@@H](C)CC(=O)O)C(=O)O)C1=O.CCC(=O)[C@H](CC(=O)O)NC(=O)[C@@H](CC(=O)[C@H](Cc1ccccc1)NC(=O)CCCCCCCCC(=O)CCCCC[C@H](CC(=O)NCCCC(=O)O)C(=O)O)Cc1ccccc1.O=C=O. The molecule has 1 aliphatic rings. The highest BCUT2D eigenvalue weighted by Crippen LogP contribution is 2.30. The van der Waals surface area contributed by atoms with E-state index < -0.39 is 173 Å². The molecule has 1 unspecified atom stereocenters. The van der Waals surface area contributed by atoms with Crippen LogP contribution in [0, 0.1) is 23.7 Å².